The molecule has 3 aromatic rings. The van der Waals surface area contributed by atoms with Crippen molar-refractivity contribution in [3.63, 3.8) is 0 Å². The van der Waals surface area contributed by atoms with E-state index in [1.165, 1.54) is 18.9 Å². The van der Waals surface area contributed by atoms with Gasteiger partial charge in [0.05, 0.1) is 23.8 Å². The van der Waals surface area contributed by atoms with Gasteiger partial charge in [0.15, 0.2) is 5.16 Å². The molecule has 7 nitrogen and oxygen atoms in total. The third-order valence-corrected chi connectivity index (χ3v) is 4.86. The topological polar surface area (TPSA) is 78.5 Å². The Hall–Kier alpha value is -2.35. The third-order valence-electron chi connectivity index (χ3n) is 3.96. The lowest BCUT2D eigenvalue weighted by molar-refractivity contribution is -0.137. The van der Waals surface area contributed by atoms with E-state index in [1.807, 2.05) is 22.6 Å². The minimum Gasteiger partial charge on any atom is -0.468 e. The van der Waals surface area contributed by atoms with E-state index in [1.54, 1.807) is 10.6 Å². The number of thioether (sulfide) groups is 1. The summed E-state index contributed by atoms with van der Waals surface area (Å²) in [4.78, 5) is 24.3. The fraction of sp³-hybridized carbons (Fsp3) is 0.412. The number of rotatable bonds is 6. The Balaban J connectivity index is 2.18. The van der Waals surface area contributed by atoms with Gasteiger partial charge in [0.1, 0.15) is 0 Å². The summed E-state index contributed by atoms with van der Waals surface area (Å²) in [7, 11) is 1.35. The lowest BCUT2D eigenvalue weighted by Gasteiger charge is -2.12. The monoisotopic (exact) mass is 360 g/mol. The maximum atomic E-state index is 12.9. The Morgan fingerprint density at radius 3 is 2.76 bits per heavy atom. The van der Waals surface area contributed by atoms with Crippen LogP contribution in [0.1, 0.15) is 20.3 Å². The molecule has 0 N–H and O–H groups in total. The van der Waals surface area contributed by atoms with Crippen LogP contribution in [0.15, 0.2) is 34.2 Å². The summed E-state index contributed by atoms with van der Waals surface area (Å²) in [5, 5.41) is 9.58. The SMILES string of the molecule is COC(=O)CSc1nnc2n(CCC(C)C)c(=O)c3ccccc3n12. The van der Waals surface area contributed by atoms with Crippen molar-refractivity contribution in [2.45, 2.75) is 32.0 Å². The molecule has 1 aromatic carbocycles. The molecule has 0 aliphatic heterocycles. The van der Waals surface area contributed by atoms with Gasteiger partial charge in [-0.05, 0) is 24.5 Å². The highest BCUT2D eigenvalue weighted by molar-refractivity contribution is 7.99. The number of nitrogens with zero attached hydrogens (tertiary/aromatic N) is 4. The first-order valence-electron chi connectivity index (χ1n) is 8.09. The first kappa shape index (κ1) is 17.5. The van der Waals surface area contributed by atoms with Crippen LogP contribution in [0.5, 0.6) is 0 Å². The summed E-state index contributed by atoms with van der Waals surface area (Å²) < 4.78 is 8.19. The Morgan fingerprint density at radius 2 is 2.04 bits per heavy atom. The molecule has 0 aliphatic rings. The predicted octanol–water partition coefficient (Wildman–Crippen LogP) is 2.36. The van der Waals surface area contributed by atoms with Crippen LogP contribution in [0, 0.1) is 5.92 Å². The van der Waals surface area contributed by atoms with E-state index in [0.717, 1.165) is 11.9 Å². The van der Waals surface area contributed by atoms with Crippen LogP contribution in [-0.2, 0) is 16.1 Å². The molecule has 0 amide bonds. The summed E-state index contributed by atoms with van der Waals surface area (Å²) in [5.41, 5.74) is 0.668. The second kappa shape index (κ2) is 7.26. The largest absolute Gasteiger partial charge is 0.468 e. The standard InChI is InChI=1S/C17H20N4O3S/c1-11(2)8-9-20-15(23)12-6-4-5-7-13(12)21-16(20)18-19-17(21)25-10-14(22)24-3/h4-7,11H,8-10H2,1-3H3. The average molecular weight is 360 g/mol. The molecule has 0 saturated heterocycles. The fourth-order valence-electron chi connectivity index (χ4n) is 2.60. The van der Waals surface area contributed by atoms with Gasteiger partial charge in [0.2, 0.25) is 5.78 Å². The second-order valence-electron chi connectivity index (χ2n) is 6.14. The van der Waals surface area contributed by atoms with E-state index < -0.39 is 0 Å². The average Bonchev–Trinajstić information content (AvgIpc) is 3.03. The van der Waals surface area contributed by atoms with Crippen LogP contribution in [-0.4, -0.2) is 38.0 Å². The summed E-state index contributed by atoms with van der Waals surface area (Å²) in [6.07, 6.45) is 0.866. The number of fused-ring (bicyclic) bond motifs is 3. The van der Waals surface area contributed by atoms with Gasteiger partial charge in [0.25, 0.3) is 5.56 Å². The van der Waals surface area contributed by atoms with Gasteiger partial charge in [0, 0.05) is 6.54 Å². The molecule has 132 valence electrons. The van der Waals surface area contributed by atoms with Crippen molar-refractivity contribution in [2.24, 2.45) is 5.92 Å². The molecule has 3 rings (SSSR count). The van der Waals surface area contributed by atoms with Crippen molar-refractivity contribution >= 4 is 34.4 Å². The highest BCUT2D eigenvalue weighted by atomic mass is 32.2. The van der Waals surface area contributed by atoms with E-state index in [0.29, 0.717) is 28.8 Å². The van der Waals surface area contributed by atoms with Crippen molar-refractivity contribution in [1.82, 2.24) is 19.2 Å². The highest BCUT2D eigenvalue weighted by Gasteiger charge is 2.17. The van der Waals surface area contributed by atoms with Crippen molar-refractivity contribution in [1.29, 1.82) is 0 Å². The zero-order valence-electron chi connectivity index (χ0n) is 14.4. The number of aryl methyl sites for hydroxylation is 1. The van der Waals surface area contributed by atoms with Crippen LogP contribution < -0.4 is 5.56 Å². The number of carbonyl (C=O) groups excluding carboxylic acids is 1. The summed E-state index contributed by atoms with van der Waals surface area (Å²) in [6, 6.07) is 7.38. The highest BCUT2D eigenvalue weighted by Crippen LogP contribution is 2.22. The van der Waals surface area contributed by atoms with Crippen molar-refractivity contribution in [3.8, 4) is 0 Å². The molecule has 0 aliphatic carbocycles. The van der Waals surface area contributed by atoms with E-state index in [9.17, 15) is 9.59 Å². The maximum absolute atomic E-state index is 12.9. The first-order chi connectivity index (χ1) is 12.0. The smallest absolute Gasteiger partial charge is 0.316 e. The molecule has 0 radical (unpaired) electrons. The maximum Gasteiger partial charge on any atom is 0.316 e. The van der Waals surface area contributed by atoms with Gasteiger partial charge in [-0.3, -0.25) is 18.6 Å². The molecule has 0 bridgehead atoms. The Bertz CT molecular complexity index is 977. The van der Waals surface area contributed by atoms with Crippen molar-refractivity contribution in [2.75, 3.05) is 12.9 Å². The van der Waals surface area contributed by atoms with Crippen LogP contribution in [0.25, 0.3) is 16.7 Å². The van der Waals surface area contributed by atoms with Gasteiger partial charge in [-0.15, -0.1) is 10.2 Å². The van der Waals surface area contributed by atoms with Crippen molar-refractivity contribution < 1.29 is 9.53 Å². The Kier molecular flexibility index (Phi) is 5.08. The number of methoxy groups -OCH3 is 1. The van der Waals surface area contributed by atoms with Gasteiger partial charge in [-0.2, -0.15) is 0 Å². The second-order valence-corrected chi connectivity index (χ2v) is 7.08. The van der Waals surface area contributed by atoms with Crippen LogP contribution in [0.2, 0.25) is 0 Å². The Morgan fingerprint density at radius 1 is 1.28 bits per heavy atom. The molecule has 0 spiro atoms. The fourth-order valence-corrected chi connectivity index (χ4v) is 3.37. The lowest BCUT2D eigenvalue weighted by atomic mass is 10.1. The molecule has 0 saturated carbocycles. The van der Waals surface area contributed by atoms with Gasteiger partial charge < -0.3 is 4.74 Å². The molecular weight excluding hydrogens is 340 g/mol. The minimum absolute atomic E-state index is 0.0688. The zero-order chi connectivity index (χ0) is 18.0. The first-order valence-corrected chi connectivity index (χ1v) is 9.07. The van der Waals surface area contributed by atoms with Gasteiger partial charge in [-0.1, -0.05) is 37.7 Å². The van der Waals surface area contributed by atoms with E-state index in [4.69, 9.17) is 0 Å². The predicted molar refractivity (Wildman–Crippen MR) is 96.9 cm³/mol. The molecule has 0 unspecified atom stereocenters. The van der Waals surface area contributed by atoms with Crippen LogP contribution in [0.4, 0.5) is 0 Å². The summed E-state index contributed by atoms with van der Waals surface area (Å²) >= 11 is 1.24. The molecule has 8 heteroatoms. The number of carbonyl (C=O) groups is 1. The Labute approximate surface area is 149 Å². The van der Waals surface area contributed by atoms with E-state index in [2.05, 4.69) is 28.8 Å². The number of benzene rings is 1. The normalized spacial score (nSPS) is 11.5. The molecule has 2 heterocycles. The third kappa shape index (κ3) is 3.39. The quantitative estimate of drug-likeness (QED) is 0.496. The number of esters is 1. The number of hydrogen-bond acceptors (Lipinski definition) is 6. The number of para-hydroxylation sites is 1. The van der Waals surface area contributed by atoms with Crippen LogP contribution in [0.3, 0.4) is 0 Å². The number of ether oxygens (including phenoxy) is 1. The lowest BCUT2D eigenvalue weighted by Crippen LogP contribution is -2.24. The molecule has 25 heavy (non-hydrogen) atoms. The number of aromatic nitrogens is 4. The number of hydrogen-bond donors (Lipinski definition) is 0. The minimum atomic E-state index is -0.334. The summed E-state index contributed by atoms with van der Waals surface area (Å²) in [5.74, 6) is 0.766. The van der Waals surface area contributed by atoms with Gasteiger partial charge in [-0.25, -0.2) is 0 Å². The van der Waals surface area contributed by atoms with Gasteiger partial charge >= 0.3 is 5.97 Å². The van der Waals surface area contributed by atoms with E-state index in [-0.39, 0.29) is 17.3 Å². The summed E-state index contributed by atoms with van der Waals surface area (Å²) in [6.45, 7) is 4.81. The zero-order valence-corrected chi connectivity index (χ0v) is 15.2. The molecular formula is C17H20N4O3S. The van der Waals surface area contributed by atoms with Crippen molar-refractivity contribution in [3.05, 3.63) is 34.6 Å². The van der Waals surface area contributed by atoms with Crippen LogP contribution >= 0.6 is 11.8 Å². The van der Waals surface area contributed by atoms with E-state index >= 15 is 0 Å². The molecule has 2 aromatic heterocycles. The molecule has 0 fully saturated rings. The molecule has 0 atom stereocenters.